The van der Waals surface area contributed by atoms with Gasteiger partial charge in [0.1, 0.15) is 17.4 Å². The lowest BCUT2D eigenvalue weighted by atomic mass is 10.1. The summed E-state index contributed by atoms with van der Waals surface area (Å²) in [5.41, 5.74) is 0.752. The van der Waals surface area contributed by atoms with Gasteiger partial charge in [0, 0.05) is 36.4 Å². The molecule has 7 nitrogen and oxygen atoms in total. The largest absolute Gasteiger partial charge is 0.496 e. The summed E-state index contributed by atoms with van der Waals surface area (Å²) in [7, 11) is 1.54. The van der Waals surface area contributed by atoms with Crippen molar-refractivity contribution in [3.8, 4) is 5.75 Å². The van der Waals surface area contributed by atoms with Crippen LogP contribution in [0.1, 0.15) is 30.1 Å². The Kier molecular flexibility index (Phi) is 3.86. The summed E-state index contributed by atoms with van der Waals surface area (Å²) < 4.78 is 5.25. The lowest BCUT2D eigenvalue weighted by Gasteiger charge is -2.10. The first-order valence-electron chi connectivity index (χ1n) is 7.05. The summed E-state index contributed by atoms with van der Waals surface area (Å²) in [6, 6.07) is 6.33. The van der Waals surface area contributed by atoms with Gasteiger partial charge in [-0.15, -0.1) is 0 Å². The Morgan fingerprint density at radius 1 is 1.41 bits per heavy atom. The molecule has 7 heteroatoms. The van der Waals surface area contributed by atoms with Gasteiger partial charge in [0.05, 0.1) is 12.0 Å². The van der Waals surface area contributed by atoms with Crippen LogP contribution in [0.15, 0.2) is 30.5 Å². The highest BCUT2D eigenvalue weighted by molar-refractivity contribution is 5.46. The van der Waals surface area contributed by atoms with Gasteiger partial charge in [0.25, 0.3) is 5.69 Å². The van der Waals surface area contributed by atoms with E-state index in [2.05, 4.69) is 15.3 Å². The van der Waals surface area contributed by atoms with Crippen LogP contribution in [0.2, 0.25) is 0 Å². The molecule has 1 aliphatic carbocycles. The second-order valence-electron chi connectivity index (χ2n) is 5.18. The standard InChI is InChI=1S/C15H16N4O3/c1-22-13-5-4-12(19(20)21)8-11(13)9-17-14-6-7-16-15(18-14)10-2-3-10/h4-8,10H,2-3,9H2,1H3,(H,16,17,18). The van der Waals surface area contributed by atoms with E-state index in [0.717, 1.165) is 18.7 Å². The van der Waals surface area contributed by atoms with Gasteiger partial charge in [-0.2, -0.15) is 0 Å². The number of nitro groups is 1. The molecule has 0 bridgehead atoms. The van der Waals surface area contributed by atoms with Crippen LogP contribution in [0.5, 0.6) is 5.75 Å². The van der Waals surface area contributed by atoms with Crippen molar-refractivity contribution in [2.45, 2.75) is 25.3 Å². The molecule has 0 saturated heterocycles. The third-order valence-electron chi connectivity index (χ3n) is 3.55. The molecule has 0 amide bonds. The molecule has 0 aliphatic heterocycles. The van der Waals surface area contributed by atoms with Gasteiger partial charge in [-0.25, -0.2) is 9.97 Å². The number of benzene rings is 1. The van der Waals surface area contributed by atoms with Crippen LogP contribution in [0.3, 0.4) is 0 Å². The Labute approximate surface area is 127 Å². The number of aromatic nitrogens is 2. The summed E-state index contributed by atoms with van der Waals surface area (Å²) in [5.74, 6) is 2.66. The molecule has 1 fully saturated rings. The molecular formula is C15H16N4O3. The van der Waals surface area contributed by atoms with E-state index >= 15 is 0 Å². The van der Waals surface area contributed by atoms with Crippen LogP contribution in [0, 0.1) is 10.1 Å². The third kappa shape index (κ3) is 3.13. The van der Waals surface area contributed by atoms with Gasteiger partial charge in [-0.05, 0) is 25.0 Å². The SMILES string of the molecule is COc1ccc([N+](=O)[O-])cc1CNc1ccnc(C2CC2)n1. The summed E-state index contributed by atoms with van der Waals surface area (Å²) in [5, 5.41) is 14.0. The van der Waals surface area contributed by atoms with Gasteiger partial charge in [-0.3, -0.25) is 10.1 Å². The van der Waals surface area contributed by atoms with E-state index in [0.29, 0.717) is 29.6 Å². The molecule has 2 aromatic rings. The Hall–Kier alpha value is -2.70. The Balaban J connectivity index is 1.76. The molecule has 3 rings (SSSR count). The summed E-state index contributed by atoms with van der Waals surface area (Å²) in [4.78, 5) is 19.2. The summed E-state index contributed by atoms with van der Waals surface area (Å²) in [6.07, 6.45) is 4.01. The van der Waals surface area contributed by atoms with Crippen molar-refractivity contribution in [3.63, 3.8) is 0 Å². The molecule has 1 aliphatic rings. The molecule has 1 N–H and O–H groups in total. The van der Waals surface area contributed by atoms with E-state index in [4.69, 9.17) is 4.74 Å². The van der Waals surface area contributed by atoms with Crippen LogP contribution in [-0.4, -0.2) is 22.0 Å². The first-order chi connectivity index (χ1) is 10.7. The summed E-state index contributed by atoms with van der Waals surface area (Å²) >= 11 is 0. The normalized spacial score (nSPS) is 13.7. The van der Waals surface area contributed by atoms with Crippen molar-refractivity contribution in [2.24, 2.45) is 0 Å². The second kappa shape index (κ2) is 5.97. The lowest BCUT2D eigenvalue weighted by molar-refractivity contribution is -0.384. The smallest absolute Gasteiger partial charge is 0.270 e. The monoisotopic (exact) mass is 300 g/mol. The molecule has 0 unspecified atom stereocenters. The zero-order valence-corrected chi connectivity index (χ0v) is 12.2. The van der Waals surface area contributed by atoms with Crippen LogP contribution >= 0.6 is 0 Å². The summed E-state index contributed by atoms with van der Waals surface area (Å²) in [6.45, 7) is 0.395. The zero-order chi connectivity index (χ0) is 15.5. The highest BCUT2D eigenvalue weighted by Gasteiger charge is 2.26. The van der Waals surface area contributed by atoms with Crippen LogP contribution < -0.4 is 10.1 Å². The Morgan fingerprint density at radius 3 is 2.91 bits per heavy atom. The molecule has 1 aromatic carbocycles. The maximum absolute atomic E-state index is 10.9. The number of ether oxygens (including phenoxy) is 1. The Morgan fingerprint density at radius 2 is 2.23 bits per heavy atom. The van der Waals surface area contributed by atoms with Crippen molar-refractivity contribution in [3.05, 3.63) is 52.0 Å². The molecular weight excluding hydrogens is 284 g/mol. The highest BCUT2D eigenvalue weighted by atomic mass is 16.6. The topological polar surface area (TPSA) is 90.2 Å². The average molecular weight is 300 g/mol. The first kappa shape index (κ1) is 14.2. The maximum Gasteiger partial charge on any atom is 0.270 e. The predicted octanol–water partition coefficient (Wildman–Crippen LogP) is 2.88. The molecule has 0 atom stereocenters. The van der Waals surface area contributed by atoms with E-state index in [1.807, 2.05) is 0 Å². The molecule has 0 radical (unpaired) electrons. The number of methoxy groups -OCH3 is 1. The van der Waals surface area contributed by atoms with E-state index in [-0.39, 0.29) is 5.69 Å². The van der Waals surface area contributed by atoms with Crippen molar-refractivity contribution in [1.29, 1.82) is 0 Å². The number of hydrogen-bond acceptors (Lipinski definition) is 6. The van der Waals surface area contributed by atoms with Gasteiger partial charge in [0.2, 0.25) is 0 Å². The fourth-order valence-corrected chi connectivity index (χ4v) is 2.21. The quantitative estimate of drug-likeness (QED) is 0.651. The van der Waals surface area contributed by atoms with Crippen molar-refractivity contribution in [1.82, 2.24) is 9.97 Å². The number of rotatable bonds is 6. The number of hydrogen-bond donors (Lipinski definition) is 1. The number of nitro benzene ring substituents is 1. The Bertz CT molecular complexity index is 701. The number of nitrogens with one attached hydrogen (secondary N) is 1. The third-order valence-corrected chi connectivity index (χ3v) is 3.55. The molecule has 0 spiro atoms. The van der Waals surface area contributed by atoms with Crippen LogP contribution in [0.25, 0.3) is 0 Å². The van der Waals surface area contributed by atoms with E-state index in [9.17, 15) is 10.1 Å². The molecule has 1 heterocycles. The fraction of sp³-hybridized carbons (Fsp3) is 0.333. The zero-order valence-electron chi connectivity index (χ0n) is 12.2. The van der Waals surface area contributed by atoms with Crippen molar-refractivity contribution >= 4 is 11.5 Å². The maximum atomic E-state index is 10.9. The number of anilines is 1. The molecule has 22 heavy (non-hydrogen) atoms. The van der Waals surface area contributed by atoms with E-state index < -0.39 is 4.92 Å². The minimum atomic E-state index is -0.418. The van der Waals surface area contributed by atoms with Gasteiger partial charge < -0.3 is 10.1 Å². The van der Waals surface area contributed by atoms with Crippen molar-refractivity contribution in [2.75, 3.05) is 12.4 Å². The number of nitrogens with zero attached hydrogens (tertiary/aromatic N) is 3. The van der Waals surface area contributed by atoms with Gasteiger partial charge in [0.15, 0.2) is 0 Å². The van der Waals surface area contributed by atoms with E-state index in [1.165, 1.54) is 12.1 Å². The average Bonchev–Trinajstić information content (AvgIpc) is 3.37. The van der Waals surface area contributed by atoms with Crippen molar-refractivity contribution < 1.29 is 9.66 Å². The minimum Gasteiger partial charge on any atom is -0.496 e. The predicted molar refractivity (Wildman–Crippen MR) is 81.0 cm³/mol. The lowest BCUT2D eigenvalue weighted by Crippen LogP contribution is -2.05. The first-order valence-corrected chi connectivity index (χ1v) is 7.05. The van der Waals surface area contributed by atoms with E-state index in [1.54, 1.807) is 25.4 Å². The molecule has 1 saturated carbocycles. The van der Waals surface area contributed by atoms with Gasteiger partial charge in [-0.1, -0.05) is 0 Å². The van der Waals surface area contributed by atoms with Crippen LogP contribution in [0.4, 0.5) is 11.5 Å². The van der Waals surface area contributed by atoms with Crippen LogP contribution in [-0.2, 0) is 6.54 Å². The highest BCUT2D eigenvalue weighted by Crippen LogP contribution is 2.38. The minimum absolute atomic E-state index is 0.0407. The van der Waals surface area contributed by atoms with Gasteiger partial charge >= 0.3 is 0 Å². The molecule has 114 valence electrons. The second-order valence-corrected chi connectivity index (χ2v) is 5.18. The number of non-ortho nitro benzene ring substituents is 1. The fourth-order valence-electron chi connectivity index (χ4n) is 2.21. The molecule has 1 aromatic heterocycles.